The molecule has 254 valence electrons. The van der Waals surface area contributed by atoms with Crippen LogP contribution in [0.5, 0.6) is 0 Å². The quantitative estimate of drug-likeness (QED) is 0.162. The van der Waals surface area contributed by atoms with Crippen molar-refractivity contribution in [1.82, 2.24) is 4.57 Å². The van der Waals surface area contributed by atoms with Gasteiger partial charge in [0.15, 0.2) is 0 Å². The molecule has 0 fully saturated rings. The van der Waals surface area contributed by atoms with Crippen LogP contribution in [0, 0.1) is 0 Å². The minimum atomic E-state index is 1.10. The highest BCUT2D eigenvalue weighted by Crippen LogP contribution is 2.43. The molecule has 10 aromatic rings. The van der Waals surface area contributed by atoms with Gasteiger partial charge in [-0.05, 0) is 105 Å². The van der Waals surface area contributed by atoms with Crippen LogP contribution in [0.2, 0.25) is 0 Å². The molecular formula is C52H36N2. The van der Waals surface area contributed by atoms with E-state index in [2.05, 4.69) is 228 Å². The van der Waals surface area contributed by atoms with Crippen molar-refractivity contribution in [2.45, 2.75) is 0 Å². The molecule has 0 aliphatic carbocycles. The second-order valence-corrected chi connectivity index (χ2v) is 13.7. The molecular weight excluding hydrogens is 653 g/mol. The summed E-state index contributed by atoms with van der Waals surface area (Å²) in [5.74, 6) is 0. The number of benzene rings is 9. The van der Waals surface area contributed by atoms with Gasteiger partial charge in [0.1, 0.15) is 0 Å². The first kappa shape index (κ1) is 31.6. The lowest BCUT2D eigenvalue weighted by Gasteiger charge is -2.26. The molecule has 54 heavy (non-hydrogen) atoms. The molecule has 0 aliphatic rings. The molecule has 0 N–H and O–H groups in total. The lowest BCUT2D eigenvalue weighted by molar-refractivity contribution is 1.18. The van der Waals surface area contributed by atoms with Crippen molar-refractivity contribution in [1.29, 1.82) is 0 Å². The summed E-state index contributed by atoms with van der Waals surface area (Å²) in [6.45, 7) is 0. The molecule has 0 saturated carbocycles. The van der Waals surface area contributed by atoms with E-state index in [1.54, 1.807) is 0 Å². The summed E-state index contributed by atoms with van der Waals surface area (Å²) < 4.78 is 2.39. The number of nitrogens with zero attached hydrogens (tertiary/aromatic N) is 2. The molecule has 10 rings (SSSR count). The molecule has 1 aromatic heterocycles. The summed E-state index contributed by atoms with van der Waals surface area (Å²) in [7, 11) is 0. The number of hydrogen-bond donors (Lipinski definition) is 0. The zero-order valence-corrected chi connectivity index (χ0v) is 29.7. The minimum Gasteiger partial charge on any atom is -0.310 e. The fraction of sp³-hybridized carbons (Fsp3) is 0. The van der Waals surface area contributed by atoms with Gasteiger partial charge in [-0.1, -0.05) is 158 Å². The van der Waals surface area contributed by atoms with Crippen molar-refractivity contribution >= 4 is 49.6 Å². The minimum absolute atomic E-state index is 1.10. The summed E-state index contributed by atoms with van der Waals surface area (Å²) in [6.07, 6.45) is 0. The predicted octanol–water partition coefficient (Wildman–Crippen LogP) is 14.4. The van der Waals surface area contributed by atoms with E-state index in [-0.39, 0.29) is 0 Å². The van der Waals surface area contributed by atoms with E-state index in [1.165, 1.54) is 66.0 Å². The van der Waals surface area contributed by atoms with Gasteiger partial charge in [0.25, 0.3) is 0 Å². The first-order valence-corrected chi connectivity index (χ1v) is 18.5. The van der Waals surface area contributed by atoms with Crippen molar-refractivity contribution in [3.63, 3.8) is 0 Å². The Hall–Kier alpha value is -7.16. The molecule has 2 nitrogen and oxygen atoms in total. The van der Waals surface area contributed by atoms with Gasteiger partial charge < -0.3 is 9.47 Å². The van der Waals surface area contributed by atoms with Crippen LogP contribution < -0.4 is 4.90 Å². The normalized spacial score (nSPS) is 11.3. The molecule has 0 radical (unpaired) electrons. The van der Waals surface area contributed by atoms with Crippen LogP contribution in [0.15, 0.2) is 218 Å². The van der Waals surface area contributed by atoms with Gasteiger partial charge in [0.2, 0.25) is 0 Å². The van der Waals surface area contributed by atoms with Crippen molar-refractivity contribution in [2.75, 3.05) is 4.90 Å². The fourth-order valence-corrected chi connectivity index (χ4v) is 8.17. The molecule has 0 amide bonds. The van der Waals surface area contributed by atoms with Crippen LogP contribution in [-0.4, -0.2) is 4.57 Å². The molecule has 0 aliphatic heterocycles. The van der Waals surface area contributed by atoms with E-state index in [0.717, 1.165) is 22.7 Å². The predicted molar refractivity (Wildman–Crippen MR) is 229 cm³/mol. The topological polar surface area (TPSA) is 8.17 Å². The molecule has 0 spiro atoms. The lowest BCUT2D eigenvalue weighted by Crippen LogP contribution is -2.09. The number of rotatable bonds is 7. The molecule has 0 atom stereocenters. The third-order valence-corrected chi connectivity index (χ3v) is 10.6. The van der Waals surface area contributed by atoms with E-state index < -0.39 is 0 Å². The van der Waals surface area contributed by atoms with E-state index in [0.29, 0.717) is 0 Å². The van der Waals surface area contributed by atoms with Gasteiger partial charge in [-0.15, -0.1) is 0 Å². The third kappa shape index (κ3) is 5.44. The summed E-state index contributed by atoms with van der Waals surface area (Å²) in [6, 6.07) is 78.8. The fourth-order valence-electron chi connectivity index (χ4n) is 8.17. The maximum atomic E-state index is 2.39. The Labute approximate surface area is 315 Å². The number of hydrogen-bond acceptors (Lipinski definition) is 1. The number of aromatic nitrogens is 1. The van der Waals surface area contributed by atoms with Crippen molar-refractivity contribution < 1.29 is 0 Å². The Morgan fingerprint density at radius 3 is 1.70 bits per heavy atom. The zero-order valence-electron chi connectivity index (χ0n) is 29.7. The first-order valence-electron chi connectivity index (χ1n) is 18.5. The maximum absolute atomic E-state index is 2.39. The zero-order chi connectivity index (χ0) is 35.8. The van der Waals surface area contributed by atoms with Gasteiger partial charge in [-0.2, -0.15) is 0 Å². The lowest BCUT2D eigenvalue weighted by atomic mass is 9.91. The summed E-state index contributed by atoms with van der Waals surface area (Å²) in [5, 5.41) is 5.02. The highest BCUT2D eigenvalue weighted by atomic mass is 15.1. The van der Waals surface area contributed by atoms with E-state index in [9.17, 15) is 0 Å². The van der Waals surface area contributed by atoms with Gasteiger partial charge in [-0.25, -0.2) is 0 Å². The monoisotopic (exact) mass is 688 g/mol. The molecule has 1 heterocycles. The highest BCUT2D eigenvalue weighted by molar-refractivity contribution is 6.16. The summed E-state index contributed by atoms with van der Waals surface area (Å²) >= 11 is 0. The molecule has 0 bridgehead atoms. The molecule has 0 unspecified atom stereocenters. The Kier molecular flexibility index (Phi) is 7.85. The Morgan fingerprint density at radius 2 is 0.870 bits per heavy atom. The smallest absolute Gasteiger partial charge is 0.0547 e. The second kappa shape index (κ2) is 13.4. The van der Waals surface area contributed by atoms with Crippen LogP contribution in [0.4, 0.5) is 17.1 Å². The average molecular weight is 689 g/mol. The van der Waals surface area contributed by atoms with Crippen LogP contribution >= 0.6 is 0 Å². The Balaban J connectivity index is 1.10. The Morgan fingerprint density at radius 1 is 0.315 bits per heavy atom. The first-order chi connectivity index (χ1) is 26.8. The number of anilines is 3. The largest absolute Gasteiger partial charge is 0.310 e. The maximum Gasteiger partial charge on any atom is 0.0547 e. The van der Waals surface area contributed by atoms with Gasteiger partial charge in [0, 0.05) is 33.5 Å². The molecule has 2 heteroatoms. The summed E-state index contributed by atoms with van der Waals surface area (Å²) in [5.41, 5.74) is 14.1. The van der Waals surface area contributed by atoms with Gasteiger partial charge in [-0.3, -0.25) is 0 Å². The van der Waals surface area contributed by atoms with Gasteiger partial charge >= 0.3 is 0 Å². The highest BCUT2D eigenvalue weighted by Gasteiger charge is 2.19. The van der Waals surface area contributed by atoms with Crippen molar-refractivity contribution in [3.8, 4) is 39.1 Å². The van der Waals surface area contributed by atoms with Crippen LogP contribution in [0.25, 0.3) is 71.6 Å². The third-order valence-electron chi connectivity index (χ3n) is 10.6. The van der Waals surface area contributed by atoms with Gasteiger partial charge in [0.05, 0.1) is 11.0 Å². The van der Waals surface area contributed by atoms with Crippen LogP contribution in [-0.2, 0) is 0 Å². The second-order valence-electron chi connectivity index (χ2n) is 13.7. The Bertz CT molecular complexity index is 2920. The van der Waals surface area contributed by atoms with Crippen LogP contribution in [0.3, 0.4) is 0 Å². The number of para-hydroxylation sites is 3. The van der Waals surface area contributed by atoms with Crippen LogP contribution in [0.1, 0.15) is 0 Å². The van der Waals surface area contributed by atoms with E-state index in [1.807, 2.05) is 0 Å². The number of fused-ring (bicyclic) bond motifs is 4. The van der Waals surface area contributed by atoms with Crippen molar-refractivity contribution in [2.24, 2.45) is 0 Å². The van der Waals surface area contributed by atoms with Crippen molar-refractivity contribution in [3.05, 3.63) is 218 Å². The average Bonchev–Trinajstić information content (AvgIpc) is 3.59. The summed E-state index contributed by atoms with van der Waals surface area (Å²) in [4.78, 5) is 2.35. The van der Waals surface area contributed by atoms with E-state index in [4.69, 9.17) is 0 Å². The SMILES string of the molecule is c1ccc(N(c2ccc(-c3cccc4ccccc34)cc2)c2cccc(-c3ccccc3-c3cccc4c3c3ccccc3n4-c3ccccc3)c2)cc1. The van der Waals surface area contributed by atoms with E-state index >= 15 is 0 Å². The molecule has 9 aromatic carbocycles. The standard InChI is InChI=1S/C52H36N2/c1-3-19-40(20-4-1)53(42-34-32-38(33-35-42)45-28-14-17-37-16-7-8-24-44(37)45)43-23-13-18-39(36-43)46-25-9-10-26-47(46)48-29-15-31-51-52(48)49-27-11-12-30-50(49)54(51)41-21-5-2-6-22-41/h1-36H. The molecule has 0 saturated heterocycles.